The molecule has 0 N–H and O–H groups in total. The summed E-state index contributed by atoms with van der Waals surface area (Å²) in [5.74, 6) is -1.61. The lowest BCUT2D eigenvalue weighted by atomic mass is 10.1. The molecular formula is C22H22O6. The van der Waals surface area contributed by atoms with Crippen molar-refractivity contribution in [2.45, 2.75) is 33.2 Å². The first-order valence-corrected chi connectivity index (χ1v) is 9.00. The fourth-order valence-corrected chi connectivity index (χ4v) is 2.68. The van der Waals surface area contributed by atoms with Gasteiger partial charge in [-0.05, 0) is 36.3 Å². The monoisotopic (exact) mass is 382 g/mol. The number of carbonyl (C=O) groups excluding carboxylic acids is 2. The van der Waals surface area contributed by atoms with Crippen molar-refractivity contribution in [3.05, 3.63) is 65.2 Å². The minimum absolute atomic E-state index is 0.167. The average molecular weight is 382 g/mol. The summed E-state index contributed by atoms with van der Waals surface area (Å²) in [7, 11) is 0. The lowest BCUT2D eigenvalue weighted by Crippen LogP contribution is -2.41. The smallest absolute Gasteiger partial charge is 0.348 e. The lowest BCUT2D eigenvalue weighted by Gasteiger charge is -2.29. The van der Waals surface area contributed by atoms with Crippen molar-refractivity contribution in [3.8, 4) is 11.5 Å². The van der Waals surface area contributed by atoms with Crippen LogP contribution in [0.25, 0.3) is 6.08 Å². The molecule has 0 spiro atoms. The van der Waals surface area contributed by atoms with Gasteiger partial charge in [0.1, 0.15) is 12.2 Å². The van der Waals surface area contributed by atoms with Crippen LogP contribution >= 0.6 is 0 Å². The van der Waals surface area contributed by atoms with Gasteiger partial charge in [0.05, 0.1) is 6.61 Å². The van der Waals surface area contributed by atoms with Crippen LogP contribution in [0.4, 0.5) is 0 Å². The summed E-state index contributed by atoms with van der Waals surface area (Å²) in [6.45, 7) is 5.72. The number of carbonyl (C=O) groups is 2. The number of rotatable bonds is 6. The molecule has 0 aliphatic carbocycles. The van der Waals surface area contributed by atoms with Crippen LogP contribution in [-0.4, -0.2) is 24.3 Å². The number of hydrogen-bond donors (Lipinski definition) is 0. The number of cyclic esters (lactones) is 2. The van der Waals surface area contributed by atoms with Crippen molar-refractivity contribution in [2.75, 3.05) is 6.61 Å². The zero-order valence-electron chi connectivity index (χ0n) is 16.1. The highest BCUT2D eigenvalue weighted by atomic mass is 16.7. The molecule has 0 aromatic heterocycles. The van der Waals surface area contributed by atoms with Gasteiger partial charge < -0.3 is 18.9 Å². The number of hydrogen-bond acceptors (Lipinski definition) is 6. The molecule has 0 amide bonds. The molecule has 3 rings (SSSR count). The van der Waals surface area contributed by atoms with Crippen molar-refractivity contribution >= 4 is 18.0 Å². The Balaban J connectivity index is 1.82. The molecule has 0 bridgehead atoms. The van der Waals surface area contributed by atoms with Crippen molar-refractivity contribution in [3.63, 3.8) is 0 Å². The Bertz CT molecular complexity index is 876. The molecule has 2 aromatic rings. The average Bonchev–Trinajstić information content (AvgIpc) is 2.64. The van der Waals surface area contributed by atoms with E-state index in [2.05, 4.69) is 0 Å². The molecule has 28 heavy (non-hydrogen) atoms. The summed E-state index contributed by atoms with van der Waals surface area (Å²) in [6, 6.07) is 15.0. The predicted molar refractivity (Wildman–Crippen MR) is 103 cm³/mol. The maximum Gasteiger partial charge on any atom is 0.348 e. The van der Waals surface area contributed by atoms with Gasteiger partial charge in [-0.2, -0.15) is 0 Å². The second kappa shape index (κ2) is 8.17. The van der Waals surface area contributed by atoms with Crippen LogP contribution in [0.1, 0.15) is 31.9 Å². The third kappa shape index (κ3) is 4.71. The fraction of sp³-hybridized carbons (Fsp3) is 0.273. The minimum atomic E-state index is -1.27. The van der Waals surface area contributed by atoms with Crippen LogP contribution in [0.15, 0.2) is 54.1 Å². The van der Waals surface area contributed by atoms with Crippen LogP contribution < -0.4 is 9.47 Å². The molecule has 1 heterocycles. The molecular weight excluding hydrogens is 360 g/mol. The van der Waals surface area contributed by atoms with E-state index in [-0.39, 0.29) is 5.57 Å². The van der Waals surface area contributed by atoms with E-state index in [1.54, 1.807) is 18.2 Å². The van der Waals surface area contributed by atoms with Crippen molar-refractivity contribution in [1.82, 2.24) is 0 Å². The lowest BCUT2D eigenvalue weighted by molar-refractivity contribution is -0.222. The highest BCUT2D eigenvalue weighted by Gasteiger charge is 2.38. The van der Waals surface area contributed by atoms with E-state index >= 15 is 0 Å². The zero-order valence-corrected chi connectivity index (χ0v) is 16.1. The van der Waals surface area contributed by atoms with E-state index in [9.17, 15) is 9.59 Å². The van der Waals surface area contributed by atoms with Gasteiger partial charge in [-0.1, -0.05) is 36.4 Å². The van der Waals surface area contributed by atoms with Crippen molar-refractivity contribution in [2.24, 2.45) is 0 Å². The Morgan fingerprint density at radius 3 is 2.25 bits per heavy atom. The Morgan fingerprint density at radius 1 is 0.929 bits per heavy atom. The van der Waals surface area contributed by atoms with E-state index in [4.69, 9.17) is 18.9 Å². The molecule has 0 unspecified atom stereocenters. The Labute approximate surface area is 163 Å². The summed E-state index contributed by atoms with van der Waals surface area (Å²) in [4.78, 5) is 24.2. The molecule has 6 heteroatoms. The Morgan fingerprint density at radius 2 is 1.61 bits per heavy atom. The molecule has 1 aliphatic heterocycles. The molecule has 6 nitrogen and oxygen atoms in total. The van der Waals surface area contributed by atoms with Crippen LogP contribution in [0.3, 0.4) is 0 Å². The summed E-state index contributed by atoms with van der Waals surface area (Å²) in [6.07, 6.45) is 1.42. The van der Waals surface area contributed by atoms with Gasteiger partial charge in [-0.3, -0.25) is 0 Å². The van der Waals surface area contributed by atoms with Gasteiger partial charge in [-0.25, -0.2) is 9.59 Å². The summed E-state index contributed by atoms with van der Waals surface area (Å²) in [5.41, 5.74) is 1.46. The molecule has 1 fully saturated rings. The van der Waals surface area contributed by atoms with Crippen molar-refractivity contribution in [1.29, 1.82) is 0 Å². The standard InChI is InChI=1S/C22H22O6/c1-4-25-19-13-16(12-17-20(23)27-22(2,3)28-21(17)24)10-11-18(19)26-14-15-8-6-5-7-9-15/h5-13H,4,14H2,1-3H3. The van der Waals surface area contributed by atoms with Crippen LogP contribution in [0.2, 0.25) is 0 Å². The number of ether oxygens (including phenoxy) is 4. The zero-order chi connectivity index (χ0) is 20.1. The third-order valence-electron chi connectivity index (χ3n) is 3.93. The highest BCUT2D eigenvalue weighted by Crippen LogP contribution is 2.31. The summed E-state index contributed by atoms with van der Waals surface area (Å²) in [5, 5.41) is 0. The molecule has 0 atom stereocenters. The quantitative estimate of drug-likeness (QED) is 0.429. The van der Waals surface area contributed by atoms with Gasteiger partial charge >= 0.3 is 11.9 Å². The van der Waals surface area contributed by atoms with Crippen LogP contribution in [0.5, 0.6) is 11.5 Å². The van der Waals surface area contributed by atoms with Gasteiger partial charge in [0.2, 0.25) is 0 Å². The maximum absolute atomic E-state index is 12.1. The first-order chi connectivity index (χ1) is 13.4. The molecule has 1 saturated heterocycles. The minimum Gasteiger partial charge on any atom is -0.490 e. The van der Waals surface area contributed by atoms with Crippen LogP contribution in [0, 0.1) is 0 Å². The largest absolute Gasteiger partial charge is 0.490 e. The van der Waals surface area contributed by atoms with Gasteiger partial charge in [0.15, 0.2) is 11.5 Å². The SMILES string of the molecule is CCOc1cc(C=C2C(=O)OC(C)(C)OC2=O)ccc1OCc1ccccc1. The molecule has 1 aliphatic rings. The van der Waals surface area contributed by atoms with Gasteiger partial charge in [0, 0.05) is 13.8 Å². The number of benzene rings is 2. The molecule has 0 saturated carbocycles. The second-order valence-electron chi connectivity index (χ2n) is 6.65. The highest BCUT2D eigenvalue weighted by molar-refractivity contribution is 6.18. The van der Waals surface area contributed by atoms with E-state index in [1.807, 2.05) is 37.3 Å². The van der Waals surface area contributed by atoms with Gasteiger partial charge in [0.25, 0.3) is 5.79 Å². The third-order valence-corrected chi connectivity index (χ3v) is 3.93. The molecule has 2 aromatic carbocycles. The van der Waals surface area contributed by atoms with E-state index in [1.165, 1.54) is 19.9 Å². The van der Waals surface area contributed by atoms with Gasteiger partial charge in [-0.15, -0.1) is 0 Å². The molecule has 146 valence electrons. The first-order valence-electron chi connectivity index (χ1n) is 9.00. The van der Waals surface area contributed by atoms with E-state index < -0.39 is 17.7 Å². The normalized spacial score (nSPS) is 15.5. The summed E-state index contributed by atoms with van der Waals surface area (Å²) >= 11 is 0. The van der Waals surface area contributed by atoms with Crippen LogP contribution in [-0.2, 0) is 25.7 Å². The van der Waals surface area contributed by atoms with E-state index in [0.717, 1.165) is 5.56 Å². The first kappa shape index (κ1) is 19.5. The second-order valence-corrected chi connectivity index (χ2v) is 6.65. The fourth-order valence-electron chi connectivity index (χ4n) is 2.68. The predicted octanol–water partition coefficient (Wildman–Crippen LogP) is 3.88. The van der Waals surface area contributed by atoms with E-state index in [0.29, 0.717) is 30.3 Å². The number of esters is 2. The Kier molecular flexibility index (Phi) is 5.68. The Hall–Kier alpha value is -3.28. The molecule has 0 radical (unpaired) electrons. The topological polar surface area (TPSA) is 71.1 Å². The summed E-state index contributed by atoms with van der Waals surface area (Å²) < 4.78 is 21.7. The maximum atomic E-state index is 12.1. The van der Waals surface area contributed by atoms with Crippen molar-refractivity contribution < 1.29 is 28.5 Å².